The highest BCUT2D eigenvalue weighted by molar-refractivity contribution is 5.85. The summed E-state index contributed by atoms with van der Waals surface area (Å²) in [5.74, 6) is -0.845. The van der Waals surface area contributed by atoms with Gasteiger partial charge in [0.25, 0.3) is 0 Å². The van der Waals surface area contributed by atoms with Crippen LogP contribution in [0.3, 0.4) is 0 Å². The van der Waals surface area contributed by atoms with Crippen LogP contribution in [0.5, 0.6) is 0 Å². The van der Waals surface area contributed by atoms with E-state index in [1.807, 2.05) is 9.80 Å². The molecule has 0 saturated heterocycles. The van der Waals surface area contributed by atoms with Crippen LogP contribution in [0.25, 0.3) is 0 Å². The van der Waals surface area contributed by atoms with Gasteiger partial charge in [-0.05, 0) is 41.5 Å². The third kappa shape index (κ3) is 19.5. The lowest BCUT2D eigenvalue weighted by Crippen LogP contribution is -2.44. The minimum atomic E-state index is -0.845. The Bertz CT molecular complexity index is 367. The van der Waals surface area contributed by atoms with Crippen molar-refractivity contribution in [3.05, 3.63) is 11.6 Å². The van der Waals surface area contributed by atoms with Gasteiger partial charge < -0.3 is 25.5 Å². The van der Waals surface area contributed by atoms with Gasteiger partial charge in [0.2, 0.25) is 0 Å². The number of aliphatic hydroxyl groups is 4. The van der Waals surface area contributed by atoms with Crippen LogP contribution >= 0.6 is 0 Å². The van der Waals surface area contributed by atoms with Gasteiger partial charge in [-0.1, -0.05) is 6.08 Å². The van der Waals surface area contributed by atoms with E-state index in [9.17, 15) is 25.2 Å². The Hall–Kier alpha value is -1.03. The minimum absolute atomic E-state index is 0.389. The highest BCUT2D eigenvalue weighted by Gasteiger charge is 2.15. The van der Waals surface area contributed by atoms with Crippen molar-refractivity contribution in [3.63, 3.8) is 0 Å². The first-order valence-corrected chi connectivity index (χ1v) is 9.42. The summed E-state index contributed by atoms with van der Waals surface area (Å²) in [5, 5.41) is 46.0. The second kappa shape index (κ2) is 16.0. The van der Waals surface area contributed by atoms with Crippen molar-refractivity contribution in [1.29, 1.82) is 0 Å². The Kier molecular flexibility index (Phi) is 16.7. The van der Waals surface area contributed by atoms with E-state index < -0.39 is 30.4 Å². The number of nitrogens with zero attached hydrogens (tertiary/aromatic N) is 2. The normalized spacial score (nSPS) is 16.5. The van der Waals surface area contributed by atoms with Gasteiger partial charge in [0, 0.05) is 44.8 Å². The van der Waals surface area contributed by atoms with Gasteiger partial charge in [-0.25, -0.2) is 4.79 Å². The highest BCUT2D eigenvalue weighted by atomic mass is 16.4. The van der Waals surface area contributed by atoms with Crippen molar-refractivity contribution in [2.45, 2.75) is 66.0 Å². The standard InChI is InChI=1S/C14H32N2O4.C5H8O2/c1-11(17)7-15(8-12(2)18)5-6-16(9-13(3)19)10-14(4)20;1-3-4(2)5(6)7/h11-14,17-20H,5-10H2,1-4H3;3H,1-2H3,(H,6,7)/b;4-3+. The Balaban J connectivity index is 0. The van der Waals surface area contributed by atoms with Crippen LogP contribution in [-0.4, -0.2) is 105 Å². The summed E-state index contributed by atoms with van der Waals surface area (Å²) in [6.45, 7) is 13.5. The highest BCUT2D eigenvalue weighted by Crippen LogP contribution is 2.00. The number of rotatable bonds is 12. The Morgan fingerprint density at radius 3 is 1.15 bits per heavy atom. The maximum absolute atomic E-state index is 9.86. The molecule has 0 aliphatic heterocycles. The van der Waals surface area contributed by atoms with E-state index >= 15 is 0 Å². The molecule has 162 valence electrons. The van der Waals surface area contributed by atoms with Crippen LogP contribution in [-0.2, 0) is 4.79 Å². The molecule has 0 fully saturated rings. The fourth-order valence-corrected chi connectivity index (χ4v) is 2.42. The molecule has 4 atom stereocenters. The van der Waals surface area contributed by atoms with Crippen molar-refractivity contribution in [3.8, 4) is 0 Å². The molecule has 0 aromatic rings. The first-order chi connectivity index (χ1) is 12.4. The number of allylic oxidation sites excluding steroid dienone is 1. The van der Waals surface area contributed by atoms with Gasteiger partial charge in [-0.3, -0.25) is 9.80 Å². The minimum Gasteiger partial charge on any atom is -0.478 e. The molecule has 4 unspecified atom stereocenters. The number of carbonyl (C=O) groups is 1. The van der Waals surface area contributed by atoms with Crippen LogP contribution in [0.15, 0.2) is 11.6 Å². The molecule has 5 N–H and O–H groups in total. The predicted octanol–water partition coefficient (Wildman–Crippen LogP) is 0.151. The Morgan fingerprint density at radius 2 is 1.04 bits per heavy atom. The van der Waals surface area contributed by atoms with E-state index in [0.29, 0.717) is 44.8 Å². The lowest BCUT2D eigenvalue weighted by molar-refractivity contribution is -0.132. The van der Waals surface area contributed by atoms with Crippen molar-refractivity contribution in [1.82, 2.24) is 9.80 Å². The zero-order valence-electron chi connectivity index (χ0n) is 17.7. The van der Waals surface area contributed by atoms with E-state index in [4.69, 9.17) is 5.11 Å². The molecule has 0 amide bonds. The zero-order valence-corrected chi connectivity index (χ0v) is 17.7. The molecule has 0 aliphatic rings. The molecular weight excluding hydrogens is 352 g/mol. The first kappa shape index (κ1) is 28.2. The first-order valence-electron chi connectivity index (χ1n) is 9.42. The van der Waals surface area contributed by atoms with E-state index in [1.54, 1.807) is 47.6 Å². The molecule has 0 bridgehead atoms. The van der Waals surface area contributed by atoms with Crippen LogP contribution in [0.4, 0.5) is 0 Å². The summed E-state index contributed by atoms with van der Waals surface area (Å²) >= 11 is 0. The fourth-order valence-electron chi connectivity index (χ4n) is 2.42. The summed E-state index contributed by atoms with van der Waals surface area (Å²) in [7, 11) is 0. The predicted molar refractivity (Wildman–Crippen MR) is 107 cm³/mol. The van der Waals surface area contributed by atoms with E-state index in [2.05, 4.69) is 0 Å². The van der Waals surface area contributed by atoms with Crippen molar-refractivity contribution in [2.75, 3.05) is 39.3 Å². The zero-order chi connectivity index (χ0) is 21.6. The van der Waals surface area contributed by atoms with Crippen LogP contribution in [0.1, 0.15) is 41.5 Å². The summed E-state index contributed by atoms with van der Waals surface area (Å²) in [6.07, 6.45) is -0.236. The second-order valence-electron chi connectivity index (χ2n) is 7.19. The molecule has 8 heteroatoms. The quantitative estimate of drug-likeness (QED) is 0.297. The summed E-state index contributed by atoms with van der Waals surface area (Å²) in [4.78, 5) is 13.8. The Morgan fingerprint density at radius 1 is 0.778 bits per heavy atom. The number of aliphatic hydroxyl groups excluding tert-OH is 4. The molecular formula is C19H40N2O6. The third-order valence-electron chi connectivity index (χ3n) is 3.59. The molecule has 0 aromatic carbocycles. The number of hydrogen-bond donors (Lipinski definition) is 5. The molecule has 27 heavy (non-hydrogen) atoms. The molecule has 0 spiro atoms. The molecule has 8 nitrogen and oxygen atoms in total. The largest absolute Gasteiger partial charge is 0.478 e. The smallest absolute Gasteiger partial charge is 0.330 e. The van der Waals surface area contributed by atoms with Crippen molar-refractivity contribution < 1.29 is 30.3 Å². The molecule has 0 saturated carbocycles. The van der Waals surface area contributed by atoms with Crippen LogP contribution < -0.4 is 0 Å². The average Bonchev–Trinajstić information content (AvgIpc) is 2.49. The van der Waals surface area contributed by atoms with E-state index in [-0.39, 0.29) is 0 Å². The van der Waals surface area contributed by atoms with Gasteiger partial charge in [0.1, 0.15) is 0 Å². The van der Waals surface area contributed by atoms with Gasteiger partial charge in [-0.15, -0.1) is 0 Å². The average molecular weight is 393 g/mol. The molecule has 0 aliphatic carbocycles. The van der Waals surface area contributed by atoms with Crippen molar-refractivity contribution in [2.24, 2.45) is 0 Å². The molecule has 0 aromatic heterocycles. The topological polar surface area (TPSA) is 125 Å². The van der Waals surface area contributed by atoms with Crippen LogP contribution in [0, 0.1) is 0 Å². The van der Waals surface area contributed by atoms with Gasteiger partial charge >= 0.3 is 5.97 Å². The van der Waals surface area contributed by atoms with E-state index in [0.717, 1.165) is 0 Å². The third-order valence-corrected chi connectivity index (χ3v) is 3.59. The van der Waals surface area contributed by atoms with Gasteiger partial charge in [-0.2, -0.15) is 0 Å². The molecule has 0 rings (SSSR count). The number of carboxylic acids is 1. The van der Waals surface area contributed by atoms with E-state index in [1.165, 1.54) is 0 Å². The van der Waals surface area contributed by atoms with Gasteiger partial charge in [0.05, 0.1) is 24.4 Å². The molecule has 0 heterocycles. The number of carboxylic acid groups (broad SMARTS) is 1. The second-order valence-corrected chi connectivity index (χ2v) is 7.19. The maximum atomic E-state index is 9.86. The summed E-state index contributed by atoms with van der Waals surface area (Å²) < 4.78 is 0. The Labute approximate surface area is 163 Å². The molecule has 0 radical (unpaired) electrons. The van der Waals surface area contributed by atoms with Crippen LogP contribution in [0.2, 0.25) is 0 Å². The number of hydrogen-bond acceptors (Lipinski definition) is 7. The van der Waals surface area contributed by atoms with Gasteiger partial charge in [0.15, 0.2) is 0 Å². The maximum Gasteiger partial charge on any atom is 0.330 e. The number of aliphatic carboxylic acids is 1. The SMILES string of the molecule is C/C=C(\C)C(=O)O.CC(O)CN(CCN(CC(C)O)CC(C)O)CC(C)O. The van der Waals surface area contributed by atoms with Crippen molar-refractivity contribution >= 4 is 5.97 Å². The fraction of sp³-hybridized carbons (Fsp3) is 0.842. The lowest BCUT2D eigenvalue weighted by atomic mass is 10.2. The lowest BCUT2D eigenvalue weighted by Gasteiger charge is -2.30. The summed E-state index contributed by atoms with van der Waals surface area (Å²) in [6, 6.07) is 0. The summed E-state index contributed by atoms with van der Waals surface area (Å²) in [5.41, 5.74) is 0.389. The monoisotopic (exact) mass is 392 g/mol.